The number of aryl methyl sites for hydroxylation is 1. The van der Waals surface area contributed by atoms with Crippen LogP contribution >= 0.6 is 11.3 Å². The monoisotopic (exact) mass is 305 g/mol. The van der Waals surface area contributed by atoms with E-state index >= 15 is 0 Å². The maximum Gasteiger partial charge on any atom is 0.250 e. The van der Waals surface area contributed by atoms with Gasteiger partial charge in [-0.15, -0.1) is 11.3 Å². The molecule has 2 rings (SSSR count). The minimum atomic E-state index is -3.38. The molecule has 0 fully saturated rings. The highest BCUT2D eigenvalue weighted by atomic mass is 32.2. The van der Waals surface area contributed by atoms with Gasteiger partial charge in [0.1, 0.15) is 4.21 Å². The Kier molecular flexibility index (Phi) is 4.61. The van der Waals surface area contributed by atoms with Crippen LogP contribution in [0.3, 0.4) is 0 Å². The average Bonchev–Trinajstić information content (AvgIpc) is 2.88. The zero-order valence-corrected chi connectivity index (χ0v) is 12.9. The summed E-state index contributed by atoms with van der Waals surface area (Å²) in [5.74, 6) is 6.02. The number of rotatable bonds is 3. The van der Waals surface area contributed by atoms with Gasteiger partial charge in [0.05, 0.1) is 4.88 Å². The molecule has 0 aliphatic heterocycles. The number of hydrogen-bond acceptors (Lipinski definition) is 3. The van der Waals surface area contributed by atoms with Crippen LogP contribution in [0, 0.1) is 18.8 Å². The van der Waals surface area contributed by atoms with E-state index in [-0.39, 0.29) is 0 Å². The van der Waals surface area contributed by atoms with Crippen molar-refractivity contribution < 1.29 is 8.42 Å². The second-order valence-corrected chi connectivity index (χ2v) is 7.31. The summed E-state index contributed by atoms with van der Waals surface area (Å²) in [5, 5.41) is 0. The lowest BCUT2D eigenvalue weighted by molar-refractivity contribution is 0.586. The molecule has 0 saturated heterocycles. The van der Waals surface area contributed by atoms with Crippen molar-refractivity contribution in [2.45, 2.75) is 18.1 Å². The molecule has 2 aromatic rings. The van der Waals surface area contributed by atoms with Crippen molar-refractivity contribution in [1.29, 1.82) is 0 Å². The molecule has 104 valence electrons. The van der Waals surface area contributed by atoms with Gasteiger partial charge >= 0.3 is 0 Å². The van der Waals surface area contributed by atoms with Crippen molar-refractivity contribution in [2.75, 3.05) is 6.54 Å². The Morgan fingerprint density at radius 3 is 2.45 bits per heavy atom. The van der Waals surface area contributed by atoms with Crippen molar-refractivity contribution in [1.82, 2.24) is 4.72 Å². The summed E-state index contributed by atoms with van der Waals surface area (Å²) in [5.41, 5.74) is 2.10. The molecular formula is C15H15NO2S2. The number of hydrogen-bond donors (Lipinski definition) is 1. The first-order valence-corrected chi connectivity index (χ1v) is 8.49. The van der Waals surface area contributed by atoms with E-state index in [4.69, 9.17) is 0 Å². The molecule has 0 aliphatic rings. The molecule has 1 heterocycles. The van der Waals surface area contributed by atoms with Crippen LogP contribution in [0.2, 0.25) is 0 Å². The van der Waals surface area contributed by atoms with Gasteiger partial charge in [0.2, 0.25) is 10.0 Å². The van der Waals surface area contributed by atoms with Crippen molar-refractivity contribution in [3.63, 3.8) is 0 Å². The average molecular weight is 305 g/mol. The predicted octanol–water partition coefficient (Wildman–Crippen LogP) is 2.75. The van der Waals surface area contributed by atoms with Crippen molar-refractivity contribution in [2.24, 2.45) is 0 Å². The summed E-state index contributed by atoms with van der Waals surface area (Å²) in [6, 6.07) is 11.2. The van der Waals surface area contributed by atoms with Gasteiger partial charge in [-0.3, -0.25) is 0 Å². The quantitative estimate of drug-likeness (QED) is 0.886. The summed E-state index contributed by atoms with van der Waals surface area (Å²) < 4.78 is 26.4. The molecule has 0 unspecified atom stereocenters. The highest BCUT2D eigenvalue weighted by Gasteiger charge is 2.14. The lowest BCUT2D eigenvalue weighted by atomic mass is 10.1. The number of sulfonamides is 1. The summed E-state index contributed by atoms with van der Waals surface area (Å²) in [4.78, 5) is 0.738. The van der Waals surface area contributed by atoms with Gasteiger partial charge < -0.3 is 0 Å². The van der Waals surface area contributed by atoms with Crippen LogP contribution in [-0.4, -0.2) is 15.0 Å². The van der Waals surface area contributed by atoms with E-state index in [2.05, 4.69) is 16.6 Å². The van der Waals surface area contributed by atoms with Gasteiger partial charge in [-0.25, -0.2) is 13.1 Å². The second kappa shape index (κ2) is 6.23. The SMILES string of the molecule is CCNS(=O)(=O)c1ccc(C#Cc2ccc(C)cc2)s1. The topological polar surface area (TPSA) is 46.2 Å². The summed E-state index contributed by atoms with van der Waals surface area (Å²) >= 11 is 1.18. The van der Waals surface area contributed by atoms with E-state index in [1.54, 1.807) is 19.1 Å². The molecule has 1 N–H and O–H groups in total. The molecule has 1 aromatic heterocycles. The number of nitrogens with one attached hydrogen (secondary N) is 1. The van der Waals surface area contributed by atoms with Gasteiger partial charge in [0, 0.05) is 12.1 Å². The Balaban J connectivity index is 2.21. The molecule has 0 saturated carbocycles. The fourth-order valence-corrected chi connectivity index (χ4v) is 3.81. The van der Waals surface area contributed by atoms with Crippen LogP contribution in [0.25, 0.3) is 0 Å². The highest BCUT2D eigenvalue weighted by molar-refractivity contribution is 7.91. The smallest absolute Gasteiger partial charge is 0.211 e. The first kappa shape index (κ1) is 14.8. The first-order chi connectivity index (χ1) is 9.51. The van der Waals surface area contributed by atoms with E-state index in [0.29, 0.717) is 10.8 Å². The lowest BCUT2D eigenvalue weighted by Gasteiger charge is -1.99. The van der Waals surface area contributed by atoms with E-state index in [1.165, 1.54) is 16.9 Å². The van der Waals surface area contributed by atoms with Crippen molar-refractivity contribution in [3.05, 3.63) is 52.4 Å². The molecular weight excluding hydrogens is 290 g/mol. The normalized spacial score (nSPS) is 10.9. The minimum Gasteiger partial charge on any atom is -0.211 e. The fourth-order valence-electron chi connectivity index (χ4n) is 1.56. The molecule has 0 radical (unpaired) electrons. The van der Waals surface area contributed by atoms with Gasteiger partial charge in [-0.2, -0.15) is 0 Å². The molecule has 0 atom stereocenters. The van der Waals surface area contributed by atoms with Crippen molar-refractivity contribution >= 4 is 21.4 Å². The minimum absolute atomic E-state index is 0.299. The Hall–Kier alpha value is -1.61. The highest BCUT2D eigenvalue weighted by Crippen LogP contribution is 2.20. The molecule has 3 nitrogen and oxygen atoms in total. The van der Waals surface area contributed by atoms with Gasteiger partial charge in [-0.05, 0) is 31.2 Å². The Bertz CT molecular complexity index is 747. The van der Waals surface area contributed by atoms with Crippen molar-refractivity contribution in [3.8, 4) is 11.8 Å². The second-order valence-electron chi connectivity index (χ2n) is 4.24. The molecule has 0 spiro atoms. The van der Waals surface area contributed by atoms with E-state index in [1.807, 2.05) is 31.2 Å². The zero-order valence-electron chi connectivity index (χ0n) is 11.3. The first-order valence-electron chi connectivity index (χ1n) is 6.19. The third-order valence-corrected chi connectivity index (χ3v) is 5.60. The van der Waals surface area contributed by atoms with Gasteiger partial charge in [-0.1, -0.05) is 36.5 Å². The molecule has 5 heteroatoms. The predicted molar refractivity (Wildman–Crippen MR) is 82.3 cm³/mol. The summed E-state index contributed by atoms with van der Waals surface area (Å²) in [7, 11) is -3.38. The standard InChI is InChI=1S/C15H15NO2S2/c1-3-16-20(17,18)15-11-10-14(19-15)9-8-13-6-4-12(2)5-7-13/h4-7,10-11,16H,3H2,1-2H3. The molecule has 1 aromatic carbocycles. The van der Waals surface area contributed by atoms with Crippen LogP contribution in [0.5, 0.6) is 0 Å². The lowest BCUT2D eigenvalue weighted by Crippen LogP contribution is -2.22. The molecule has 0 aliphatic carbocycles. The largest absolute Gasteiger partial charge is 0.250 e. The maximum atomic E-state index is 11.8. The Labute approximate surface area is 123 Å². The number of thiophene rings is 1. The third-order valence-electron chi connectivity index (χ3n) is 2.56. The van der Waals surface area contributed by atoms with E-state index in [9.17, 15) is 8.42 Å². The number of benzene rings is 1. The Morgan fingerprint density at radius 1 is 1.10 bits per heavy atom. The van der Waals surface area contributed by atoms with Crippen LogP contribution in [0.4, 0.5) is 0 Å². The van der Waals surface area contributed by atoms with Crippen LogP contribution in [0.15, 0.2) is 40.6 Å². The molecule has 0 bridgehead atoms. The summed E-state index contributed by atoms with van der Waals surface area (Å²) in [6.07, 6.45) is 0. The van der Waals surface area contributed by atoms with Gasteiger partial charge in [0.15, 0.2) is 0 Å². The zero-order chi connectivity index (χ0) is 14.6. The van der Waals surface area contributed by atoms with Crippen LogP contribution < -0.4 is 4.72 Å². The Morgan fingerprint density at radius 2 is 1.80 bits per heavy atom. The third kappa shape index (κ3) is 3.70. The van der Waals surface area contributed by atoms with Gasteiger partial charge in [0.25, 0.3) is 0 Å². The van der Waals surface area contributed by atoms with E-state index in [0.717, 1.165) is 10.4 Å². The molecule has 20 heavy (non-hydrogen) atoms. The maximum absolute atomic E-state index is 11.8. The fraction of sp³-hybridized carbons (Fsp3) is 0.200. The molecule has 0 amide bonds. The van der Waals surface area contributed by atoms with Crippen LogP contribution in [-0.2, 0) is 10.0 Å². The summed E-state index contributed by atoms with van der Waals surface area (Å²) in [6.45, 7) is 4.15. The van der Waals surface area contributed by atoms with Crippen LogP contribution in [0.1, 0.15) is 22.9 Å². The van der Waals surface area contributed by atoms with E-state index < -0.39 is 10.0 Å².